The molecule has 7 nitrogen and oxygen atoms in total. The summed E-state index contributed by atoms with van der Waals surface area (Å²) in [4.78, 5) is 24.4. The lowest BCUT2D eigenvalue weighted by Gasteiger charge is -2.07. The molecule has 0 bridgehead atoms. The second-order valence-corrected chi connectivity index (χ2v) is 8.28. The number of anilines is 2. The summed E-state index contributed by atoms with van der Waals surface area (Å²) < 4.78 is 1.70. The molecule has 2 N–H and O–H groups in total. The molecular formula is C20H19Cl2N5O2S. The Morgan fingerprint density at radius 2 is 1.67 bits per heavy atom. The van der Waals surface area contributed by atoms with Gasteiger partial charge >= 0.3 is 0 Å². The Morgan fingerprint density at radius 3 is 2.37 bits per heavy atom. The number of nitrogens with zero attached hydrogens (tertiary/aromatic N) is 3. The molecule has 1 aromatic heterocycles. The van der Waals surface area contributed by atoms with E-state index in [-0.39, 0.29) is 24.0 Å². The van der Waals surface area contributed by atoms with E-state index in [2.05, 4.69) is 20.8 Å². The summed E-state index contributed by atoms with van der Waals surface area (Å²) in [5.74, 6) is 0.229. The number of rotatable bonds is 7. The predicted octanol–water partition coefficient (Wildman–Crippen LogP) is 4.34. The van der Waals surface area contributed by atoms with E-state index in [0.717, 1.165) is 5.56 Å². The summed E-state index contributed by atoms with van der Waals surface area (Å²) in [7, 11) is 1.75. The molecular weight excluding hydrogens is 445 g/mol. The summed E-state index contributed by atoms with van der Waals surface area (Å²) in [6, 6.07) is 12.2. The van der Waals surface area contributed by atoms with Crippen LogP contribution in [0.15, 0.2) is 47.6 Å². The van der Waals surface area contributed by atoms with Crippen LogP contribution < -0.4 is 10.6 Å². The van der Waals surface area contributed by atoms with Crippen molar-refractivity contribution in [1.29, 1.82) is 0 Å². The van der Waals surface area contributed by atoms with Gasteiger partial charge in [-0.2, -0.15) is 0 Å². The van der Waals surface area contributed by atoms with Crippen LogP contribution >= 0.6 is 35.0 Å². The van der Waals surface area contributed by atoms with Crippen LogP contribution in [0.4, 0.5) is 11.4 Å². The molecule has 0 radical (unpaired) electrons. The number of aromatic nitrogens is 3. The first-order valence-electron chi connectivity index (χ1n) is 8.94. The highest BCUT2D eigenvalue weighted by Crippen LogP contribution is 2.21. The predicted molar refractivity (Wildman–Crippen MR) is 120 cm³/mol. The lowest BCUT2D eigenvalue weighted by atomic mass is 10.2. The molecule has 156 valence electrons. The minimum Gasteiger partial charge on any atom is -0.326 e. The van der Waals surface area contributed by atoms with Crippen LogP contribution in [0.3, 0.4) is 0 Å². The van der Waals surface area contributed by atoms with E-state index in [0.29, 0.717) is 32.4 Å². The largest absolute Gasteiger partial charge is 0.326 e. The van der Waals surface area contributed by atoms with Crippen molar-refractivity contribution in [3.8, 4) is 0 Å². The van der Waals surface area contributed by atoms with E-state index in [1.165, 1.54) is 11.8 Å². The normalized spacial score (nSPS) is 10.7. The monoisotopic (exact) mass is 463 g/mol. The number of benzene rings is 2. The van der Waals surface area contributed by atoms with Crippen molar-refractivity contribution in [1.82, 2.24) is 14.8 Å². The Hall–Kier alpha value is -2.55. The maximum atomic E-state index is 12.2. The highest BCUT2D eigenvalue weighted by Gasteiger charge is 2.15. The van der Waals surface area contributed by atoms with Crippen LogP contribution in [0, 0.1) is 6.92 Å². The first kappa shape index (κ1) is 22.1. The van der Waals surface area contributed by atoms with Gasteiger partial charge in [0, 0.05) is 28.5 Å². The Morgan fingerprint density at radius 1 is 1.00 bits per heavy atom. The summed E-state index contributed by atoms with van der Waals surface area (Å²) in [5, 5.41) is 15.4. The SMILES string of the molecule is Cc1ccc(NC(=O)CSc2nnc(CC(=O)Nc3ccc(Cl)cc3)n2C)cc1Cl. The number of carbonyl (C=O) groups is 2. The number of halogens is 2. The van der Waals surface area contributed by atoms with Crippen molar-refractivity contribution in [2.45, 2.75) is 18.5 Å². The maximum absolute atomic E-state index is 12.2. The molecule has 2 amide bonds. The van der Waals surface area contributed by atoms with Crippen molar-refractivity contribution in [3.05, 3.63) is 63.9 Å². The maximum Gasteiger partial charge on any atom is 0.234 e. The Balaban J connectivity index is 1.53. The third kappa shape index (κ3) is 5.98. The lowest BCUT2D eigenvalue weighted by Crippen LogP contribution is -2.17. The van der Waals surface area contributed by atoms with Crippen molar-refractivity contribution in [2.24, 2.45) is 7.05 Å². The molecule has 0 unspecified atom stereocenters. The average Bonchev–Trinajstić information content (AvgIpc) is 3.04. The smallest absolute Gasteiger partial charge is 0.234 e. The Labute approximate surface area is 188 Å². The average molecular weight is 464 g/mol. The third-order valence-electron chi connectivity index (χ3n) is 4.16. The molecule has 0 aliphatic carbocycles. The minimum atomic E-state index is -0.224. The topological polar surface area (TPSA) is 88.9 Å². The summed E-state index contributed by atoms with van der Waals surface area (Å²) >= 11 is 13.2. The van der Waals surface area contributed by atoms with Gasteiger partial charge in [-0.1, -0.05) is 41.0 Å². The zero-order valence-corrected chi connectivity index (χ0v) is 18.6. The van der Waals surface area contributed by atoms with Crippen molar-refractivity contribution >= 4 is 58.2 Å². The van der Waals surface area contributed by atoms with Gasteiger partial charge in [0.15, 0.2) is 5.16 Å². The van der Waals surface area contributed by atoms with Crippen molar-refractivity contribution in [3.63, 3.8) is 0 Å². The van der Waals surface area contributed by atoms with Crippen LogP contribution in [-0.2, 0) is 23.1 Å². The highest BCUT2D eigenvalue weighted by molar-refractivity contribution is 7.99. The van der Waals surface area contributed by atoms with Crippen LogP contribution in [-0.4, -0.2) is 32.3 Å². The van der Waals surface area contributed by atoms with E-state index in [1.807, 2.05) is 13.0 Å². The minimum absolute atomic E-state index is 0.0563. The molecule has 10 heteroatoms. The first-order chi connectivity index (χ1) is 14.3. The van der Waals surface area contributed by atoms with Gasteiger partial charge in [-0.05, 0) is 48.9 Å². The third-order valence-corrected chi connectivity index (χ3v) is 5.84. The summed E-state index contributed by atoms with van der Waals surface area (Å²) in [6.07, 6.45) is 0.0563. The fraction of sp³-hybridized carbons (Fsp3) is 0.200. The number of thioether (sulfide) groups is 1. The standard InChI is InChI=1S/C20H19Cl2N5O2S/c1-12-3-6-15(9-16(12)22)24-19(29)11-30-20-26-25-17(27(20)2)10-18(28)23-14-7-4-13(21)5-8-14/h3-9H,10-11H2,1-2H3,(H,23,28)(H,24,29). The van der Waals surface area contributed by atoms with Gasteiger partial charge in [-0.15, -0.1) is 10.2 Å². The first-order valence-corrected chi connectivity index (χ1v) is 10.7. The fourth-order valence-electron chi connectivity index (χ4n) is 2.50. The number of carbonyl (C=O) groups excluding carboxylic acids is 2. The van der Waals surface area contributed by atoms with Gasteiger partial charge in [0.2, 0.25) is 11.8 Å². The summed E-state index contributed by atoms with van der Waals surface area (Å²) in [6.45, 7) is 1.89. The van der Waals surface area contributed by atoms with Crippen molar-refractivity contribution < 1.29 is 9.59 Å². The molecule has 0 saturated carbocycles. The van der Waals surface area contributed by atoms with Gasteiger partial charge in [0.25, 0.3) is 0 Å². The second kappa shape index (κ2) is 9.97. The fourth-order valence-corrected chi connectivity index (χ4v) is 3.54. The van der Waals surface area contributed by atoms with E-state index in [4.69, 9.17) is 23.2 Å². The molecule has 0 spiro atoms. The van der Waals surface area contributed by atoms with Gasteiger partial charge < -0.3 is 15.2 Å². The molecule has 1 heterocycles. The number of aryl methyl sites for hydroxylation is 1. The zero-order chi connectivity index (χ0) is 21.7. The molecule has 3 rings (SSSR count). The summed E-state index contributed by atoms with van der Waals surface area (Å²) in [5.41, 5.74) is 2.22. The van der Waals surface area contributed by atoms with Gasteiger partial charge in [-0.3, -0.25) is 9.59 Å². The molecule has 0 atom stereocenters. The molecule has 0 fully saturated rings. The Bertz CT molecular complexity index is 1070. The van der Waals surface area contributed by atoms with Crippen molar-refractivity contribution in [2.75, 3.05) is 16.4 Å². The lowest BCUT2D eigenvalue weighted by molar-refractivity contribution is -0.116. The Kier molecular flexibility index (Phi) is 7.36. The molecule has 2 aromatic carbocycles. The number of nitrogens with one attached hydrogen (secondary N) is 2. The number of hydrogen-bond acceptors (Lipinski definition) is 5. The zero-order valence-electron chi connectivity index (χ0n) is 16.3. The van der Waals surface area contributed by atoms with Crippen LogP contribution in [0.2, 0.25) is 10.0 Å². The van der Waals surface area contributed by atoms with Crippen LogP contribution in [0.5, 0.6) is 0 Å². The van der Waals surface area contributed by atoms with E-state index < -0.39 is 0 Å². The van der Waals surface area contributed by atoms with Gasteiger partial charge in [0.05, 0.1) is 12.2 Å². The highest BCUT2D eigenvalue weighted by atomic mass is 35.5. The molecule has 0 aliphatic rings. The van der Waals surface area contributed by atoms with Crippen LogP contribution in [0.25, 0.3) is 0 Å². The molecule has 3 aromatic rings. The van der Waals surface area contributed by atoms with Gasteiger partial charge in [-0.25, -0.2) is 0 Å². The second-order valence-electron chi connectivity index (χ2n) is 6.49. The van der Waals surface area contributed by atoms with Crippen LogP contribution in [0.1, 0.15) is 11.4 Å². The number of amides is 2. The quantitative estimate of drug-likeness (QED) is 0.508. The molecule has 0 saturated heterocycles. The molecule has 0 aliphatic heterocycles. The van der Waals surface area contributed by atoms with Gasteiger partial charge in [0.1, 0.15) is 5.82 Å². The van der Waals surface area contributed by atoms with E-state index >= 15 is 0 Å². The molecule has 30 heavy (non-hydrogen) atoms. The number of hydrogen-bond donors (Lipinski definition) is 2. The van der Waals surface area contributed by atoms with E-state index in [1.54, 1.807) is 48.0 Å². The van der Waals surface area contributed by atoms with E-state index in [9.17, 15) is 9.59 Å².